The highest BCUT2D eigenvalue weighted by atomic mass is 32.2. The summed E-state index contributed by atoms with van der Waals surface area (Å²) < 4.78 is 40.6. The number of hydrogen-bond acceptors (Lipinski definition) is 4. The third-order valence-electron chi connectivity index (χ3n) is 5.00. The molecule has 3 aromatic rings. The normalized spacial score (nSPS) is 14.4. The summed E-state index contributed by atoms with van der Waals surface area (Å²) in [5, 5.41) is 0.893. The molecule has 7 heteroatoms. The Hall–Kier alpha value is -2.51. The molecule has 1 N–H and O–H groups in total. The van der Waals surface area contributed by atoms with Crippen molar-refractivity contribution in [3.05, 3.63) is 65.1 Å². The van der Waals surface area contributed by atoms with E-state index in [0.29, 0.717) is 29.9 Å². The van der Waals surface area contributed by atoms with Gasteiger partial charge in [-0.3, -0.25) is 4.98 Å². The first-order valence-corrected chi connectivity index (χ1v) is 10.2. The van der Waals surface area contributed by atoms with Gasteiger partial charge in [-0.25, -0.2) is 17.5 Å². The molecule has 0 amide bonds. The number of rotatable bonds is 3. The molecular formula is C20H20FN3O2S. The third-order valence-corrected chi connectivity index (χ3v) is 6.50. The van der Waals surface area contributed by atoms with Crippen molar-refractivity contribution in [3.63, 3.8) is 0 Å². The standard InChI is InChI=1S/C20H20FN3O2S/c1-13-10-19(17-7-6-15(21)11-18(17)23-13)24-9-8-16-14(12-24)4-3-5-20(16)27(25,26)22-2/h3-7,10-11,22H,8-9,12H2,1-2H3. The van der Waals surface area contributed by atoms with E-state index < -0.39 is 10.0 Å². The van der Waals surface area contributed by atoms with Gasteiger partial charge < -0.3 is 4.90 Å². The molecule has 1 aromatic heterocycles. The van der Waals surface area contributed by atoms with Gasteiger partial charge in [0, 0.05) is 35.9 Å². The van der Waals surface area contributed by atoms with E-state index in [1.54, 1.807) is 18.2 Å². The van der Waals surface area contributed by atoms with Crippen LogP contribution in [0, 0.1) is 12.7 Å². The molecular weight excluding hydrogens is 365 g/mol. The van der Waals surface area contributed by atoms with Gasteiger partial charge in [-0.15, -0.1) is 0 Å². The molecule has 27 heavy (non-hydrogen) atoms. The minimum atomic E-state index is -3.49. The number of hydrogen-bond donors (Lipinski definition) is 1. The van der Waals surface area contributed by atoms with Crippen LogP contribution in [-0.4, -0.2) is 27.0 Å². The molecule has 2 aromatic carbocycles. The van der Waals surface area contributed by atoms with Crippen molar-refractivity contribution >= 4 is 26.6 Å². The van der Waals surface area contributed by atoms with Crippen LogP contribution in [0.1, 0.15) is 16.8 Å². The zero-order chi connectivity index (χ0) is 19.2. The van der Waals surface area contributed by atoms with E-state index in [1.807, 2.05) is 19.1 Å². The number of benzene rings is 2. The summed E-state index contributed by atoms with van der Waals surface area (Å²) in [5.41, 5.74) is 4.29. The summed E-state index contributed by atoms with van der Waals surface area (Å²) in [6, 6.07) is 12.0. The number of pyridine rings is 1. The second-order valence-electron chi connectivity index (χ2n) is 6.72. The minimum Gasteiger partial charge on any atom is -0.366 e. The zero-order valence-electron chi connectivity index (χ0n) is 15.2. The Kier molecular flexibility index (Phi) is 4.36. The Labute approximate surface area is 157 Å². The fraction of sp³-hybridized carbons (Fsp3) is 0.250. The van der Waals surface area contributed by atoms with Crippen molar-refractivity contribution in [2.24, 2.45) is 0 Å². The summed E-state index contributed by atoms with van der Waals surface area (Å²) in [6.45, 7) is 3.17. The third kappa shape index (κ3) is 3.17. The van der Waals surface area contributed by atoms with Gasteiger partial charge >= 0.3 is 0 Å². The van der Waals surface area contributed by atoms with Gasteiger partial charge in [-0.05, 0) is 55.8 Å². The summed E-state index contributed by atoms with van der Waals surface area (Å²) in [5.74, 6) is -0.308. The van der Waals surface area contributed by atoms with Gasteiger partial charge in [0.25, 0.3) is 0 Å². The molecule has 0 spiro atoms. The Balaban J connectivity index is 1.79. The quantitative estimate of drug-likeness (QED) is 0.752. The molecule has 0 saturated heterocycles. The van der Waals surface area contributed by atoms with Crippen molar-refractivity contribution in [3.8, 4) is 0 Å². The predicted octanol–water partition coefficient (Wildman–Crippen LogP) is 3.15. The molecule has 0 aliphatic carbocycles. The molecule has 0 saturated carbocycles. The number of sulfonamides is 1. The highest BCUT2D eigenvalue weighted by Crippen LogP contribution is 2.33. The summed E-state index contributed by atoms with van der Waals surface area (Å²) in [6.07, 6.45) is 0.622. The summed E-state index contributed by atoms with van der Waals surface area (Å²) in [4.78, 5) is 6.99. The van der Waals surface area contributed by atoms with Crippen LogP contribution in [0.2, 0.25) is 0 Å². The lowest BCUT2D eigenvalue weighted by molar-refractivity contribution is 0.585. The first-order chi connectivity index (χ1) is 12.9. The predicted molar refractivity (Wildman–Crippen MR) is 104 cm³/mol. The first-order valence-electron chi connectivity index (χ1n) is 8.75. The first kappa shape index (κ1) is 17.9. The van der Waals surface area contributed by atoms with Crippen LogP contribution in [0.4, 0.5) is 10.1 Å². The molecule has 5 nitrogen and oxygen atoms in total. The number of nitrogens with one attached hydrogen (secondary N) is 1. The average Bonchev–Trinajstić information content (AvgIpc) is 2.66. The van der Waals surface area contributed by atoms with Crippen molar-refractivity contribution in [2.45, 2.75) is 24.8 Å². The maximum Gasteiger partial charge on any atom is 0.240 e. The number of halogens is 1. The molecule has 0 atom stereocenters. The monoisotopic (exact) mass is 385 g/mol. The van der Waals surface area contributed by atoms with E-state index in [2.05, 4.69) is 14.6 Å². The topological polar surface area (TPSA) is 62.3 Å². The molecule has 0 unspecified atom stereocenters. The van der Waals surface area contributed by atoms with E-state index in [0.717, 1.165) is 27.9 Å². The van der Waals surface area contributed by atoms with Crippen molar-refractivity contribution in [1.29, 1.82) is 0 Å². The Bertz CT molecular complexity index is 1140. The number of aromatic nitrogens is 1. The maximum absolute atomic E-state index is 13.6. The summed E-state index contributed by atoms with van der Waals surface area (Å²) >= 11 is 0. The fourth-order valence-corrected chi connectivity index (χ4v) is 4.75. The lowest BCUT2D eigenvalue weighted by atomic mass is 9.98. The van der Waals surface area contributed by atoms with Crippen LogP contribution < -0.4 is 9.62 Å². The fourth-order valence-electron chi connectivity index (χ4n) is 3.72. The van der Waals surface area contributed by atoms with Crippen LogP contribution in [0.3, 0.4) is 0 Å². The van der Waals surface area contributed by atoms with Gasteiger partial charge in [0.2, 0.25) is 10.0 Å². The van der Waals surface area contributed by atoms with E-state index in [1.165, 1.54) is 19.2 Å². The van der Waals surface area contributed by atoms with Crippen molar-refractivity contribution < 1.29 is 12.8 Å². The smallest absolute Gasteiger partial charge is 0.240 e. The van der Waals surface area contributed by atoms with Gasteiger partial charge in [0.05, 0.1) is 10.4 Å². The van der Waals surface area contributed by atoms with E-state index in [9.17, 15) is 12.8 Å². The maximum atomic E-state index is 13.6. The van der Waals surface area contributed by atoms with Gasteiger partial charge in [0.15, 0.2) is 0 Å². The van der Waals surface area contributed by atoms with Gasteiger partial charge in [0.1, 0.15) is 5.82 Å². The van der Waals surface area contributed by atoms with Gasteiger partial charge in [-0.2, -0.15) is 0 Å². The lowest BCUT2D eigenvalue weighted by Gasteiger charge is -2.32. The zero-order valence-corrected chi connectivity index (χ0v) is 16.0. The molecule has 2 heterocycles. The van der Waals surface area contributed by atoms with E-state index in [4.69, 9.17) is 0 Å². The second kappa shape index (κ2) is 6.58. The number of nitrogens with zero attached hydrogens (tertiary/aromatic N) is 2. The second-order valence-corrected chi connectivity index (χ2v) is 8.57. The molecule has 1 aliphatic rings. The van der Waals surface area contributed by atoms with Gasteiger partial charge in [-0.1, -0.05) is 12.1 Å². The molecule has 4 rings (SSSR count). The SMILES string of the molecule is CNS(=O)(=O)c1cccc2c1CCN(c1cc(C)nc3cc(F)ccc13)C2. The van der Waals surface area contributed by atoms with E-state index >= 15 is 0 Å². The highest BCUT2D eigenvalue weighted by molar-refractivity contribution is 7.89. The largest absolute Gasteiger partial charge is 0.366 e. The van der Waals surface area contributed by atoms with Crippen LogP contribution in [0.25, 0.3) is 10.9 Å². The molecule has 0 bridgehead atoms. The minimum absolute atomic E-state index is 0.308. The molecule has 0 radical (unpaired) electrons. The molecule has 0 fully saturated rings. The van der Waals surface area contributed by atoms with Crippen LogP contribution in [-0.2, 0) is 23.0 Å². The highest BCUT2D eigenvalue weighted by Gasteiger charge is 2.25. The average molecular weight is 385 g/mol. The Morgan fingerprint density at radius 3 is 2.78 bits per heavy atom. The van der Waals surface area contributed by atoms with Crippen LogP contribution in [0.5, 0.6) is 0 Å². The van der Waals surface area contributed by atoms with Crippen LogP contribution in [0.15, 0.2) is 47.4 Å². The van der Waals surface area contributed by atoms with Crippen LogP contribution >= 0.6 is 0 Å². The molecule has 140 valence electrons. The van der Waals surface area contributed by atoms with Crippen molar-refractivity contribution in [2.75, 3.05) is 18.5 Å². The number of aryl methyl sites for hydroxylation is 1. The summed E-state index contributed by atoms with van der Waals surface area (Å²) in [7, 11) is -2.06. The Morgan fingerprint density at radius 2 is 2.00 bits per heavy atom. The number of fused-ring (bicyclic) bond motifs is 2. The Morgan fingerprint density at radius 1 is 1.19 bits per heavy atom. The number of anilines is 1. The molecule has 1 aliphatic heterocycles. The lowest BCUT2D eigenvalue weighted by Crippen LogP contribution is -2.32. The van der Waals surface area contributed by atoms with Crippen molar-refractivity contribution in [1.82, 2.24) is 9.71 Å². The van der Waals surface area contributed by atoms with E-state index in [-0.39, 0.29) is 5.82 Å².